The zero-order chi connectivity index (χ0) is 13.0. The summed E-state index contributed by atoms with van der Waals surface area (Å²) in [7, 11) is 1.65. The topological polar surface area (TPSA) is 61.4 Å². The van der Waals surface area contributed by atoms with Gasteiger partial charge in [0.25, 0.3) is 0 Å². The number of aliphatic hydroxyl groups excluding tert-OH is 1. The van der Waals surface area contributed by atoms with Gasteiger partial charge in [-0.3, -0.25) is 4.90 Å². The van der Waals surface area contributed by atoms with Crippen molar-refractivity contribution in [1.82, 2.24) is 14.9 Å². The molecular weight excluding hydrogens is 230 g/mol. The van der Waals surface area contributed by atoms with Crippen LogP contribution in [0.5, 0.6) is 5.75 Å². The minimum Gasteiger partial charge on any atom is -0.497 e. The minimum absolute atomic E-state index is 0.169. The van der Waals surface area contributed by atoms with Crippen molar-refractivity contribution in [2.75, 3.05) is 26.8 Å². The third kappa shape index (κ3) is 2.80. The van der Waals surface area contributed by atoms with Crippen LogP contribution in [0.25, 0.3) is 11.0 Å². The number of fused-ring (bicyclic) bond motifs is 1. The first-order chi connectivity index (χ1) is 8.76. The van der Waals surface area contributed by atoms with Gasteiger partial charge in [0.1, 0.15) is 11.6 Å². The molecule has 1 aromatic carbocycles. The van der Waals surface area contributed by atoms with Crippen LogP contribution in [0.1, 0.15) is 12.7 Å². The molecule has 0 saturated carbocycles. The summed E-state index contributed by atoms with van der Waals surface area (Å²) in [6, 6.07) is 5.78. The Morgan fingerprint density at radius 3 is 2.94 bits per heavy atom. The van der Waals surface area contributed by atoms with Crippen LogP contribution < -0.4 is 4.74 Å². The van der Waals surface area contributed by atoms with E-state index in [1.807, 2.05) is 18.2 Å². The molecule has 0 atom stereocenters. The first-order valence-electron chi connectivity index (χ1n) is 6.12. The number of nitrogens with zero attached hydrogens (tertiary/aromatic N) is 2. The number of ether oxygens (including phenoxy) is 1. The van der Waals surface area contributed by atoms with Gasteiger partial charge >= 0.3 is 0 Å². The highest BCUT2D eigenvalue weighted by atomic mass is 16.5. The van der Waals surface area contributed by atoms with E-state index in [1.54, 1.807) is 7.11 Å². The fourth-order valence-electron chi connectivity index (χ4n) is 1.95. The molecule has 18 heavy (non-hydrogen) atoms. The monoisotopic (exact) mass is 249 g/mol. The lowest BCUT2D eigenvalue weighted by Gasteiger charge is -2.16. The molecule has 5 heteroatoms. The average molecular weight is 249 g/mol. The first-order valence-corrected chi connectivity index (χ1v) is 6.12. The van der Waals surface area contributed by atoms with Crippen LogP contribution in [0, 0.1) is 0 Å². The third-order valence-corrected chi connectivity index (χ3v) is 2.97. The van der Waals surface area contributed by atoms with E-state index in [4.69, 9.17) is 9.84 Å². The molecule has 2 N–H and O–H groups in total. The minimum atomic E-state index is 0.169. The van der Waals surface area contributed by atoms with E-state index in [9.17, 15) is 0 Å². The normalized spacial score (nSPS) is 11.3. The Hall–Kier alpha value is -1.59. The fraction of sp³-hybridized carbons (Fsp3) is 0.462. The lowest BCUT2D eigenvalue weighted by molar-refractivity contribution is 0.194. The zero-order valence-corrected chi connectivity index (χ0v) is 10.8. The predicted octanol–water partition coefficient (Wildman–Crippen LogP) is 1.39. The Bertz CT molecular complexity index is 510. The van der Waals surface area contributed by atoms with E-state index in [2.05, 4.69) is 21.8 Å². The van der Waals surface area contributed by atoms with Crippen molar-refractivity contribution in [2.45, 2.75) is 13.5 Å². The number of nitrogens with one attached hydrogen (secondary N) is 1. The second kappa shape index (κ2) is 5.84. The average Bonchev–Trinajstić information content (AvgIpc) is 2.79. The van der Waals surface area contributed by atoms with Crippen molar-refractivity contribution in [3.63, 3.8) is 0 Å². The Morgan fingerprint density at radius 1 is 1.44 bits per heavy atom. The van der Waals surface area contributed by atoms with Crippen LogP contribution >= 0.6 is 0 Å². The summed E-state index contributed by atoms with van der Waals surface area (Å²) in [5.74, 6) is 1.73. The maximum absolute atomic E-state index is 8.97. The maximum Gasteiger partial charge on any atom is 0.121 e. The summed E-state index contributed by atoms with van der Waals surface area (Å²) in [5, 5.41) is 8.97. The molecule has 0 radical (unpaired) electrons. The first kappa shape index (κ1) is 12.9. The van der Waals surface area contributed by atoms with Gasteiger partial charge < -0.3 is 14.8 Å². The standard InChI is InChI=1S/C13H19N3O2/c1-3-16(6-7-17)9-13-14-11-5-4-10(18-2)8-12(11)15-13/h4-5,8,17H,3,6-7,9H2,1-2H3,(H,14,15). The quantitative estimate of drug-likeness (QED) is 0.812. The van der Waals surface area contributed by atoms with Crippen LogP contribution in [0.15, 0.2) is 18.2 Å². The highest BCUT2D eigenvalue weighted by molar-refractivity contribution is 5.76. The second-order valence-electron chi connectivity index (χ2n) is 4.16. The van der Waals surface area contributed by atoms with Crippen molar-refractivity contribution in [3.05, 3.63) is 24.0 Å². The molecule has 5 nitrogen and oxygen atoms in total. The summed E-state index contributed by atoms with van der Waals surface area (Å²) in [6.07, 6.45) is 0. The van der Waals surface area contributed by atoms with E-state index in [0.29, 0.717) is 13.1 Å². The number of aromatic nitrogens is 2. The van der Waals surface area contributed by atoms with Gasteiger partial charge in [-0.2, -0.15) is 0 Å². The molecule has 0 unspecified atom stereocenters. The summed E-state index contributed by atoms with van der Waals surface area (Å²) >= 11 is 0. The third-order valence-electron chi connectivity index (χ3n) is 2.97. The molecule has 2 rings (SSSR count). The SMILES string of the molecule is CCN(CCO)Cc1nc2ccc(OC)cc2[nH]1. The number of aliphatic hydroxyl groups is 1. The van der Waals surface area contributed by atoms with Crippen molar-refractivity contribution in [3.8, 4) is 5.75 Å². The van der Waals surface area contributed by atoms with Gasteiger partial charge in [0, 0.05) is 12.6 Å². The lowest BCUT2D eigenvalue weighted by atomic mass is 10.3. The van der Waals surface area contributed by atoms with Gasteiger partial charge in [-0.05, 0) is 18.7 Å². The number of aromatic amines is 1. The van der Waals surface area contributed by atoms with Crippen LogP contribution in [0.4, 0.5) is 0 Å². The lowest BCUT2D eigenvalue weighted by Crippen LogP contribution is -2.26. The molecule has 0 aliphatic carbocycles. The van der Waals surface area contributed by atoms with Crippen molar-refractivity contribution >= 4 is 11.0 Å². The molecule has 0 aliphatic heterocycles. The number of methoxy groups -OCH3 is 1. The molecule has 0 aliphatic rings. The van der Waals surface area contributed by atoms with E-state index in [0.717, 1.165) is 29.2 Å². The number of rotatable bonds is 6. The van der Waals surface area contributed by atoms with Crippen LogP contribution in [0.2, 0.25) is 0 Å². The summed E-state index contributed by atoms with van der Waals surface area (Å²) in [4.78, 5) is 9.94. The van der Waals surface area contributed by atoms with E-state index in [-0.39, 0.29) is 6.61 Å². The number of H-pyrrole nitrogens is 1. The van der Waals surface area contributed by atoms with E-state index in [1.165, 1.54) is 0 Å². The Kier molecular flexibility index (Phi) is 4.17. The van der Waals surface area contributed by atoms with Gasteiger partial charge in [0.05, 0.1) is 31.3 Å². The summed E-state index contributed by atoms with van der Waals surface area (Å²) in [6.45, 7) is 4.51. The molecule has 2 aromatic rings. The van der Waals surface area contributed by atoms with Gasteiger partial charge in [-0.1, -0.05) is 6.92 Å². The van der Waals surface area contributed by atoms with Crippen LogP contribution in [-0.2, 0) is 6.54 Å². The number of likely N-dealkylation sites (N-methyl/N-ethyl adjacent to an activating group) is 1. The van der Waals surface area contributed by atoms with Crippen molar-refractivity contribution in [1.29, 1.82) is 0 Å². The fourth-order valence-corrected chi connectivity index (χ4v) is 1.95. The summed E-state index contributed by atoms with van der Waals surface area (Å²) < 4.78 is 5.18. The zero-order valence-electron chi connectivity index (χ0n) is 10.8. The van der Waals surface area contributed by atoms with E-state index >= 15 is 0 Å². The Labute approximate surface area is 106 Å². The van der Waals surface area contributed by atoms with E-state index < -0.39 is 0 Å². The molecule has 98 valence electrons. The molecule has 1 heterocycles. The van der Waals surface area contributed by atoms with Crippen molar-refractivity contribution in [2.24, 2.45) is 0 Å². The van der Waals surface area contributed by atoms with Gasteiger partial charge in [-0.15, -0.1) is 0 Å². The number of hydrogen-bond acceptors (Lipinski definition) is 4. The van der Waals surface area contributed by atoms with Crippen LogP contribution in [0.3, 0.4) is 0 Å². The second-order valence-corrected chi connectivity index (χ2v) is 4.16. The number of hydrogen-bond donors (Lipinski definition) is 2. The largest absolute Gasteiger partial charge is 0.497 e. The molecule has 0 fully saturated rings. The van der Waals surface area contributed by atoms with Gasteiger partial charge in [-0.25, -0.2) is 4.98 Å². The molecule has 0 amide bonds. The number of benzene rings is 1. The molecule has 0 bridgehead atoms. The maximum atomic E-state index is 8.97. The van der Waals surface area contributed by atoms with Gasteiger partial charge in [0.2, 0.25) is 0 Å². The van der Waals surface area contributed by atoms with Gasteiger partial charge in [0.15, 0.2) is 0 Å². The smallest absolute Gasteiger partial charge is 0.121 e. The molecule has 0 spiro atoms. The molecular formula is C13H19N3O2. The van der Waals surface area contributed by atoms with Crippen molar-refractivity contribution < 1.29 is 9.84 Å². The Morgan fingerprint density at radius 2 is 2.28 bits per heavy atom. The van der Waals surface area contributed by atoms with Crippen LogP contribution in [-0.4, -0.2) is 46.8 Å². The number of imidazole rings is 1. The highest BCUT2D eigenvalue weighted by Gasteiger charge is 2.08. The highest BCUT2D eigenvalue weighted by Crippen LogP contribution is 2.19. The molecule has 1 aromatic heterocycles. The summed E-state index contributed by atoms with van der Waals surface area (Å²) in [5.41, 5.74) is 1.91. The molecule has 0 saturated heterocycles. The Balaban J connectivity index is 2.18. The predicted molar refractivity (Wildman–Crippen MR) is 70.7 cm³/mol.